The second-order valence-corrected chi connectivity index (χ2v) is 7.29. The molecule has 1 aromatic heterocycles. The zero-order chi connectivity index (χ0) is 12.8. The summed E-state index contributed by atoms with van der Waals surface area (Å²) in [6.07, 6.45) is 1.21. The summed E-state index contributed by atoms with van der Waals surface area (Å²) >= 11 is 1.25. The molecule has 0 fully saturated rings. The SMILES string of the molecule is CS(=O)(=O)c1ccc(-c2ccc3c(c2)OCO3)s1. The van der Waals surface area contributed by atoms with Gasteiger partial charge in [-0.15, -0.1) is 11.3 Å². The number of hydrogen-bond acceptors (Lipinski definition) is 5. The van der Waals surface area contributed by atoms with Crippen molar-refractivity contribution in [1.82, 2.24) is 0 Å². The molecule has 0 atom stereocenters. The van der Waals surface area contributed by atoms with E-state index in [0.29, 0.717) is 9.96 Å². The van der Waals surface area contributed by atoms with Crippen LogP contribution in [-0.4, -0.2) is 21.5 Å². The number of benzene rings is 1. The molecule has 0 bridgehead atoms. The Bertz CT molecular complexity index is 701. The maximum absolute atomic E-state index is 11.4. The Morgan fingerprint density at radius 3 is 2.61 bits per heavy atom. The van der Waals surface area contributed by atoms with Crippen LogP contribution >= 0.6 is 11.3 Å². The average molecular weight is 282 g/mol. The first-order valence-corrected chi connectivity index (χ1v) is 7.95. The molecule has 18 heavy (non-hydrogen) atoms. The zero-order valence-corrected chi connectivity index (χ0v) is 11.2. The van der Waals surface area contributed by atoms with E-state index in [-0.39, 0.29) is 6.79 Å². The van der Waals surface area contributed by atoms with Crippen molar-refractivity contribution in [1.29, 1.82) is 0 Å². The molecule has 0 aliphatic carbocycles. The van der Waals surface area contributed by atoms with E-state index >= 15 is 0 Å². The van der Waals surface area contributed by atoms with Gasteiger partial charge < -0.3 is 9.47 Å². The summed E-state index contributed by atoms with van der Waals surface area (Å²) in [5.41, 5.74) is 0.930. The van der Waals surface area contributed by atoms with E-state index in [0.717, 1.165) is 16.2 Å². The minimum Gasteiger partial charge on any atom is -0.454 e. The van der Waals surface area contributed by atoms with Gasteiger partial charge in [0.1, 0.15) is 4.21 Å². The first kappa shape index (κ1) is 11.6. The molecule has 2 aromatic rings. The van der Waals surface area contributed by atoms with E-state index in [4.69, 9.17) is 9.47 Å². The van der Waals surface area contributed by atoms with Crippen LogP contribution in [0.15, 0.2) is 34.5 Å². The van der Waals surface area contributed by atoms with Crippen molar-refractivity contribution in [2.45, 2.75) is 4.21 Å². The van der Waals surface area contributed by atoms with E-state index in [1.54, 1.807) is 12.1 Å². The van der Waals surface area contributed by atoms with Gasteiger partial charge in [-0.3, -0.25) is 0 Å². The maximum Gasteiger partial charge on any atom is 0.231 e. The summed E-state index contributed by atoms with van der Waals surface area (Å²) in [5.74, 6) is 1.42. The highest BCUT2D eigenvalue weighted by atomic mass is 32.2. The van der Waals surface area contributed by atoms with E-state index in [2.05, 4.69) is 0 Å². The minimum atomic E-state index is -3.14. The van der Waals surface area contributed by atoms with Crippen molar-refractivity contribution >= 4 is 21.2 Å². The lowest BCUT2D eigenvalue weighted by atomic mass is 10.2. The third-order valence-corrected chi connectivity index (χ3v) is 5.56. The highest BCUT2D eigenvalue weighted by molar-refractivity contribution is 7.92. The van der Waals surface area contributed by atoms with Crippen LogP contribution in [0.5, 0.6) is 11.5 Å². The Hall–Kier alpha value is -1.53. The predicted molar refractivity (Wildman–Crippen MR) is 69.0 cm³/mol. The Morgan fingerprint density at radius 2 is 1.89 bits per heavy atom. The first-order valence-electron chi connectivity index (χ1n) is 5.24. The smallest absolute Gasteiger partial charge is 0.231 e. The molecular weight excluding hydrogens is 272 g/mol. The summed E-state index contributed by atoms with van der Waals surface area (Å²) in [6, 6.07) is 9.02. The Labute approximate surface area is 109 Å². The van der Waals surface area contributed by atoms with Crippen LogP contribution in [0, 0.1) is 0 Å². The fourth-order valence-electron chi connectivity index (χ4n) is 1.72. The van der Waals surface area contributed by atoms with E-state index in [1.807, 2.05) is 18.2 Å². The number of sulfone groups is 1. The van der Waals surface area contributed by atoms with Gasteiger partial charge in [0.15, 0.2) is 21.3 Å². The largest absolute Gasteiger partial charge is 0.454 e. The molecule has 1 aromatic carbocycles. The molecule has 0 unspecified atom stereocenters. The standard InChI is InChI=1S/C12H10O4S2/c1-18(13,14)12-5-4-11(17-12)8-2-3-9-10(6-8)16-7-15-9/h2-6H,7H2,1H3. The van der Waals surface area contributed by atoms with Crippen LogP contribution in [0.1, 0.15) is 0 Å². The lowest BCUT2D eigenvalue weighted by Crippen LogP contribution is -1.92. The van der Waals surface area contributed by atoms with Crippen LogP contribution in [0.4, 0.5) is 0 Å². The van der Waals surface area contributed by atoms with Gasteiger partial charge in [0.2, 0.25) is 6.79 Å². The van der Waals surface area contributed by atoms with Gasteiger partial charge in [-0.05, 0) is 35.9 Å². The fraction of sp³-hybridized carbons (Fsp3) is 0.167. The number of thiophene rings is 1. The van der Waals surface area contributed by atoms with Gasteiger partial charge >= 0.3 is 0 Å². The zero-order valence-electron chi connectivity index (χ0n) is 9.54. The molecule has 94 valence electrons. The molecule has 0 radical (unpaired) electrons. The van der Waals surface area contributed by atoms with Gasteiger partial charge in [-0.1, -0.05) is 0 Å². The topological polar surface area (TPSA) is 52.6 Å². The molecule has 0 saturated carbocycles. The predicted octanol–water partition coefficient (Wildman–Crippen LogP) is 2.55. The van der Waals surface area contributed by atoms with Gasteiger partial charge in [-0.25, -0.2) is 8.42 Å². The van der Waals surface area contributed by atoms with Crippen LogP contribution in [0.3, 0.4) is 0 Å². The lowest BCUT2D eigenvalue weighted by Gasteiger charge is -1.99. The van der Waals surface area contributed by atoms with Crippen LogP contribution < -0.4 is 9.47 Å². The fourth-order valence-corrected chi connectivity index (χ4v) is 3.65. The van der Waals surface area contributed by atoms with E-state index < -0.39 is 9.84 Å². The van der Waals surface area contributed by atoms with Crippen LogP contribution in [-0.2, 0) is 9.84 Å². The molecule has 0 spiro atoms. The third kappa shape index (κ3) is 1.97. The quantitative estimate of drug-likeness (QED) is 0.849. The highest BCUT2D eigenvalue weighted by Crippen LogP contribution is 2.38. The molecule has 1 aliphatic heterocycles. The summed E-state index contributed by atoms with van der Waals surface area (Å²) in [6.45, 7) is 0.234. The van der Waals surface area contributed by atoms with E-state index in [9.17, 15) is 8.42 Å². The van der Waals surface area contributed by atoms with E-state index in [1.165, 1.54) is 17.6 Å². The lowest BCUT2D eigenvalue weighted by molar-refractivity contribution is 0.174. The second kappa shape index (κ2) is 4.00. The normalized spacial score (nSPS) is 13.8. The summed E-state index contributed by atoms with van der Waals surface area (Å²) in [7, 11) is -3.14. The molecule has 4 nitrogen and oxygen atoms in total. The number of hydrogen-bond donors (Lipinski definition) is 0. The minimum absolute atomic E-state index is 0.234. The molecular formula is C12H10O4S2. The summed E-state index contributed by atoms with van der Waals surface area (Å²) in [5, 5.41) is 0. The number of fused-ring (bicyclic) bond motifs is 1. The van der Waals surface area contributed by atoms with Crippen molar-refractivity contribution < 1.29 is 17.9 Å². The van der Waals surface area contributed by atoms with Crippen molar-refractivity contribution in [3.05, 3.63) is 30.3 Å². The van der Waals surface area contributed by atoms with Crippen molar-refractivity contribution in [2.75, 3.05) is 13.0 Å². The molecule has 3 rings (SSSR count). The Kier molecular flexibility index (Phi) is 2.57. The molecule has 0 amide bonds. The van der Waals surface area contributed by atoms with Gasteiger partial charge in [0.05, 0.1) is 0 Å². The van der Waals surface area contributed by atoms with Gasteiger partial charge in [-0.2, -0.15) is 0 Å². The third-order valence-electron chi connectivity index (χ3n) is 2.60. The molecule has 1 aliphatic rings. The molecule has 0 saturated heterocycles. The Balaban J connectivity index is 2.03. The monoisotopic (exact) mass is 282 g/mol. The molecule has 2 heterocycles. The van der Waals surface area contributed by atoms with Crippen molar-refractivity contribution in [2.24, 2.45) is 0 Å². The van der Waals surface area contributed by atoms with Crippen LogP contribution in [0.2, 0.25) is 0 Å². The molecule has 0 N–H and O–H groups in total. The number of ether oxygens (including phenoxy) is 2. The van der Waals surface area contributed by atoms with Crippen molar-refractivity contribution in [3.8, 4) is 21.9 Å². The highest BCUT2D eigenvalue weighted by Gasteiger charge is 2.16. The van der Waals surface area contributed by atoms with Crippen LogP contribution in [0.25, 0.3) is 10.4 Å². The first-order chi connectivity index (χ1) is 8.54. The second-order valence-electron chi connectivity index (χ2n) is 3.96. The Morgan fingerprint density at radius 1 is 1.11 bits per heavy atom. The molecule has 6 heteroatoms. The summed E-state index contributed by atoms with van der Waals surface area (Å²) in [4.78, 5) is 0.897. The number of rotatable bonds is 2. The maximum atomic E-state index is 11.4. The van der Waals surface area contributed by atoms with Crippen molar-refractivity contribution in [3.63, 3.8) is 0 Å². The van der Waals surface area contributed by atoms with Gasteiger partial charge in [0, 0.05) is 11.1 Å². The average Bonchev–Trinajstić information content (AvgIpc) is 2.96. The summed E-state index contributed by atoms with van der Waals surface area (Å²) < 4.78 is 33.8. The van der Waals surface area contributed by atoms with Gasteiger partial charge in [0.25, 0.3) is 0 Å².